The molecular weight excluding hydrogens is 338 g/mol. The third-order valence-electron chi connectivity index (χ3n) is 4.48. The van der Waals surface area contributed by atoms with Crippen molar-refractivity contribution < 1.29 is 4.74 Å². The minimum atomic E-state index is 0.737. The molecule has 1 fully saturated rings. The molecule has 27 heavy (non-hydrogen) atoms. The van der Waals surface area contributed by atoms with Crippen molar-refractivity contribution in [1.82, 2.24) is 14.6 Å². The Hall–Kier alpha value is -2.60. The van der Waals surface area contributed by atoms with Crippen molar-refractivity contribution in [2.24, 2.45) is 0 Å². The van der Waals surface area contributed by atoms with Gasteiger partial charge in [-0.3, -0.25) is 0 Å². The van der Waals surface area contributed by atoms with Crippen LogP contribution >= 0.6 is 0 Å². The van der Waals surface area contributed by atoms with Crippen molar-refractivity contribution in [3.8, 4) is 0 Å². The second-order valence-corrected chi connectivity index (χ2v) is 6.72. The highest BCUT2D eigenvalue weighted by Gasteiger charge is 2.18. The number of allylic oxidation sites excluding steroid dienone is 6. The highest BCUT2D eigenvalue weighted by molar-refractivity contribution is 5.75. The first kappa shape index (κ1) is 19.2. The SMILES string of the molecule is C\C=C/C(=C\C=C\CC)c1cc2nc(N(C)C)cc(N3CCOCC3)n2n1. The van der Waals surface area contributed by atoms with E-state index in [1.165, 1.54) is 0 Å². The van der Waals surface area contributed by atoms with Crippen LogP contribution < -0.4 is 9.80 Å². The van der Waals surface area contributed by atoms with Crippen LogP contribution in [0.5, 0.6) is 0 Å². The van der Waals surface area contributed by atoms with Gasteiger partial charge in [0, 0.05) is 44.9 Å². The molecule has 3 rings (SSSR count). The lowest BCUT2D eigenvalue weighted by molar-refractivity contribution is 0.122. The maximum absolute atomic E-state index is 5.52. The van der Waals surface area contributed by atoms with Gasteiger partial charge in [-0.25, -0.2) is 4.98 Å². The van der Waals surface area contributed by atoms with E-state index in [0.29, 0.717) is 0 Å². The number of fused-ring (bicyclic) bond motifs is 1. The van der Waals surface area contributed by atoms with Gasteiger partial charge in [-0.2, -0.15) is 9.61 Å². The highest BCUT2D eigenvalue weighted by atomic mass is 16.5. The number of aromatic nitrogens is 3. The first-order valence-electron chi connectivity index (χ1n) is 9.54. The van der Waals surface area contributed by atoms with Crippen LogP contribution in [0.4, 0.5) is 11.6 Å². The van der Waals surface area contributed by atoms with Gasteiger partial charge in [-0.05, 0) is 13.3 Å². The van der Waals surface area contributed by atoms with E-state index in [0.717, 1.165) is 61.3 Å². The molecule has 0 unspecified atom stereocenters. The van der Waals surface area contributed by atoms with Gasteiger partial charge in [0.15, 0.2) is 5.65 Å². The number of morpholine rings is 1. The fourth-order valence-electron chi connectivity index (χ4n) is 3.05. The van der Waals surface area contributed by atoms with Crippen molar-refractivity contribution in [3.63, 3.8) is 0 Å². The Morgan fingerprint density at radius 3 is 2.70 bits per heavy atom. The first-order valence-corrected chi connectivity index (χ1v) is 9.54. The maximum Gasteiger partial charge on any atom is 0.160 e. The Morgan fingerprint density at radius 1 is 1.26 bits per heavy atom. The van der Waals surface area contributed by atoms with Crippen molar-refractivity contribution in [2.75, 3.05) is 50.2 Å². The summed E-state index contributed by atoms with van der Waals surface area (Å²) in [6, 6.07) is 4.16. The van der Waals surface area contributed by atoms with E-state index in [-0.39, 0.29) is 0 Å². The maximum atomic E-state index is 5.52. The third-order valence-corrected chi connectivity index (χ3v) is 4.48. The molecule has 3 heterocycles. The van der Waals surface area contributed by atoms with E-state index in [2.05, 4.69) is 48.3 Å². The summed E-state index contributed by atoms with van der Waals surface area (Å²) in [7, 11) is 4.03. The Kier molecular flexibility index (Phi) is 6.29. The molecule has 2 aromatic rings. The van der Waals surface area contributed by atoms with E-state index in [4.69, 9.17) is 14.8 Å². The number of rotatable bonds is 6. The van der Waals surface area contributed by atoms with Crippen molar-refractivity contribution >= 4 is 22.9 Å². The Balaban J connectivity index is 2.11. The molecule has 0 aliphatic carbocycles. The van der Waals surface area contributed by atoms with Gasteiger partial charge in [-0.1, -0.05) is 37.3 Å². The molecule has 0 amide bonds. The monoisotopic (exact) mass is 367 g/mol. The topological polar surface area (TPSA) is 45.9 Å². The lowest BCUT2D eigenvalue weighted by Gasteiger charge is -2.29. The normalized spacial score (nSPS) is 16.1. The van der Waals surface area contributed by atoms with Crippen molar-refractivity contribution in [1.29, 1.82) is 0 Å². The minimum absolute atomic E-state index is 0.737. The predicted molar refractivity (Wildman–Crippen MR) is 113 cm³/mol. The average molecular weight is 367 g/mol. The number of hydrogen-bond acceptors (Lipinski definition) is 5. The van der Waals surface area contributed by atoms with Gasteiger partial charge in [0.1, 0.15) is 11.6 Å². The molecule has 1 aliphatic rings. The van der Waals surface area contributed by atoms with E-state index >= 15 is 0 Å². The summed E-state index contributed by atoms with van der Waals surface area (Å²) >= 11 is 0. The summed E-state index contributed by atoms with van der Waals surface area (Å²) in [4.78, 5) is 9.14. The van der Waals surface area contributed by atoms with Gasteiger partial charge in [0.25, 0.3) is 0 Å². The molecule has 1 saturated heterocycles. The van der Waals surface area contributed by atoms with Crippen LogP contribution in [-0.4, -0.2) is 55.0 Å². The zero-order chi connectivity index (χ0) is 19.2. The molecule has 1 aliphatic heterocycles. The fourth-order valence-corrected chi connectivity index (χ4v) is 3.05. The van der Waals surface area contributed by atoms with E-state index < -0.39 is 0 Å². The average Bonchev–Trinajstić information content (AvgIpc) is 3.11. The minimum Gasteiger partial charge on any atom is -0.378 e. The summed E-state index contributed by atoms with van der Waals surface area (Å²) in [6.45, 7) is 7.35. The van der Waals surface area contributed by atoms with Crippen LogP contribution in [0.2, 0.25) is 0 Å². The molecule has 0 aromatic carbocycles. The van der Waals surface area contributed by atoms with Gasteiger partial charge in [0.2, 0.25) is 0 Å². The Labute approximate surface area is 161 Å². The van der Waals surface area contributed by atoms with Crippen LogP contribution in [0.3, 0.4) is 0 Å². The second-order valence-electron chi connectivity index (χ2n) is 6.72. The highest BCUT2D eigenvalue weighted by Crippen LogP contribution is 2.25. The zero-order valence-electron chi connectivity index (χ0n) is 16.7. The van der Waals surface area contributed by atoms with Crippen LogP contribution in [-0.2, 0) is 4.74 Å². The molecule has 6 heteroatoms. The van der Waals surface area contributed by atoms with Gasteiger partial charge in [-0.15, -0.1) is 0 Å². The molecule has 6 nitrogen and oxygen atoms in total. The van der Waals surface area contributed by atoms with Crippen LogP contribution in [0.1, 0.15) is 26.0 Å². The zero-order valence-corrected chi connectivity index (χ0v) is 16.7. The standard InChI is InChI=1S/C21H29N5O/c1-5-7-8-10-17(9-6-2)18-15-20-22-19(24(3)4)16-21(26(20)23-18)25-11-13-27-14-12-25/h6-10,15-16H,5,11-14H2,1-4H3/b8-7+,9-6-,17-10+. The van der Waals surface area contributed by atoms with E-state index in [1.807, 2.05) is 36.5 Å². The van der Waals surface area contributed by atoms with Crippen LogP contribution in [0, 0.1) is 0 Å². The first-order chi connectivity index (χ1) is 13.1. The molecule has 0 radical (unpaired) electrons. The van der Waals surface area contributed by atoms with Crippen molar-refractivity contribution in [2.45, 2.75) is 20.3 Å². The molecule has 144 valence electrons. The van der Waals surface area contributed by atoms with Gasteiger partial charge < -0.3 is 14.5 Å². The summed E-state index contributed by atoms with van der Waals surface area (Å²) in [5.41, 5.74) is 2.85. The number of nitrogens with zero attached hydrogens (tertiary/aromatic N) is 5. The second kappa shape index (κ2) is 8.86. The summed E-state index contributed by atoms with van der Waals surface area (Å²) in [5, 5.41) is 4.89. The summed E-state index contributed by atoms with van der Waals surface area (Å²) in [6.07, 6.45) is 11.5. The quantitative estimate of drug-likeness (QED) is 0.731. The lowest BCUT2D eigenvalue weighted by atomic mass is 10.1. The van der Waals surface area contributed by atoms with Crippen molar-refractivity contribution in [3.05, 3.63) is 48.2 Å². The van der Waals surface area contributed by atoms with E-state index in [9.17, 15) is 0 Å². The van der Waals surface area contributed by atoms with Gasteiger partial charge in [0.05, 0.1) is 18.9 Å². The molecular formula is C21H29N5O. The number of ether oxygens (including phenoxy) is 1. The molecule has 2 aromatic heterocycles. The predicted octanol–water partition coefficient (Wildman–Crippen LogP) is 3.56. The Morgan fingerprint density at radius 2 is 2.04 bits per heavy atom. The van der Waals surface area contributed by atoms with Gasteiger partial charge >= 0.3 is 0 Å². The smallest absolute Gasteiger partial charge is 0.160 e. The summed E-state index contributed by atoms with van der Waals surface area (Å²) in [5.74, 6) is 1.99. The van der Waals surface area contributed by atoms with Crippen LogP contribution in [0.25, 0.3) is 11.2 Å². The Bertz CT molecular complexity index is 857. The van der Waals surface area contributed by atoms with E-state index in [1.54, 1.807) is 0 Å². The number of hydrogen-bond donors (Lipinski definition) is 0. The molecule has 0 bridgehead atoms. The third kappa shape index (κ3) is 4.39. The van der Waals surface area contributed by atoms with Crippen LogP contribution in [0.15, 0.2) is 42.5 Å². The fraction of sp³-hybridized carbons (Fsp3) is 0.429. The molecule has 0 spiro atoms. The molecule has 0 saturated carbocycles. The summed E-state index contributed by atoms with van der Waals surface area (Å²) < 4.78 is 7.47. The lowest BCUT2D eigenvalue weighted by Crippen LogP contribution is -2.37. The largest absolute Gasteiger partial charge is 0.378 e. The molecule has 0 atom stereocenters. The molecule has 0 N–H and O–H groups in total. The number of anilines is 2.